The number of para-hydroxylation sites is 1. The first-order valence-electron chi connectivity index (χ1n) is 6.88. The molecule has 2 amide bonds. The van der Waals surface area contributed by atoms with Crippen molar-refractivity contribution < 1.29 is 9.59 Å². The second kappa shape index (κ2) is 5.33. The van der Waals surface area contributed by atoms with Crippen LogP contribution in [0.15, 0.2) is 36.4 Å². The fourth-order valence-corrected chi connectivity index (χ4v) is 3.49. The lowest BCUT2D eigenvalue weighted by Gasteiger charge is -2.32. The number of carbonyl (C=O) groups is 2. The predicted octanol–water partition coefficient (Wildman–Crippen LogP) is 3.00. The summed E-state index contributed by atoms with van der Waals surface area (Å²) in [4.78, 5) is 26.6. The molecule has 2 N–H and O–H groups in total. The molecule has 1 aliphatic heterocycles. The second-order valence-corrected chi connectivity index (χ2v) is 6.32. The van der Waals surface area contributed by atoms with Gasteiger partial charge in [-0.05, 0) is 36.1 Å². The fourth-order valence-electron chi connectivity index (χ4n) is 2.68. The van der Waals surface area contributed by atoms with E-state index in [9.17, 15) is 9.59 Å². The van der Waals surface area contributed by atoms with Gasteiger partial charge in [0.2, 0.25) is 0 Å². The first-order valence-corrected chi connectivity index (χ1v) is 7.70. The van der Waals surface area contributed by atoms with Gasteiger partial charge in [-0.15, -0.1) is 11.3 Å². The van der Waals surface area contributed by atoms with E-state index in [-0.39, 0.29) is 5.91 Å². The maximum absolute atomic E-state index is 12.7. The van der Waals surface area contributed by atoms with E-state index in [0.717, 1.165) is 23.4 Å². The molecule has 2 aromatic rings. The van der Waals surface area contributed by atoms with E-state index in [4.69, 9.17) is 5.73 Å². The lowest BCUT2D eigenvalue weighted by Crippen LogP contribution is -2.35. The quantitative estimate of drug-likeness (QED) is 0.926. The number of anilines is 1. The summed E-state index contributed by atoms with van der Waals surface area (Å²) in [5.74, 6) is -0.103. The smallest absolute Gasteiger partial charge is 0.268 e. The highest BCUT2D eigenvalue weighted by molar-refractivity contribution is 7.16. The van der Waals surface area contributed by atoms with Crippen molar-refractivity contribution in [1.29, 1.82) is 0 Å². The van der Waals surface area contributed by atoms with Crippen LogP contribution in [0.25, 0.3) is 0 Å². The molecule has 0 radical (unpaired) electrons. The standard InChI is InChI=1S/C16H16N2O2S/c1-10-8-9-18(12-5-3-2-4-11(10)12)16(20)14-7-6-13(21-14)15(17)19/h2-7,10H,8-9H2,1H3,(H2,17,19)/t10-/m0/s1. The number of hydrogen-bond donors (Lipinski definition) is 1. The molecule has 4 nitrogen and oxygen atoms in total. The molecule has 3 rings (SSSR count). The van der Waals surface area contributed by atoms with Crippen LogP contribution in [0.4, 0.5) is 5.69 Å². The Bertz CT molecular complexity index is 708. The minimum atomic E-state index is -0.494. The van der Waals surface area contributed by atoms with E-state index in [1.54, 1.807) is 17.0 Å². The van der Waals surface area contributed by atoms with Gasteiger partial charge in [-0.3, -0.25) is 9.59 Å². The van der Waals surface area contributed by atoms with E-state index in [1.165, 1.54) is 5.56 Å². The lowest BCUT2D eigenvalue weighted by molar-refractivity contribution is 0.0985. The Morgan fingerprint density at radius 2 is 1.90 bits per heavy atom. The Labute approximate surface area is 127 Å². The number of nitrogens with two attached hydrogens (primary N) is 1. The molecule has 0 unspecified atom stereocenters. The number of nitrogens with zero attached hydrogens (tertiary/aromatic N) is 1. The predicted molar refractivity (Wildman–Crippen MR) is 84.0 cm³/mol. The number of carbonyl (C=O) groups excluding carboxylic acids is 2. The van der Waals surface area contributed by atoms with Gasteiger partial charge < -0.3 is 10.6 Å². The van der Waals surface area contributed by atoms with Crippen molar-refractivity contribution in [3.8, 4) is 0 Å². The number of benzene rings is 1. The number of rotatable bonds is 2. The molecule has 0 saturated carbocycles. The molecule has 2 heterocycles. The molecule has 5 heteroatoms. The van der Waals surface area contributed by atoms with Gasteiger partial charge in [-0.1, -0.05) is 25.1 Å². The van der Waals surface area contributed by atoms with Crippen LogP contribution in [0.5, 0.6) is 0 Å². The summed E-state index contributed by atoms with van der Waals surface area (Å²) in [5.41, 5.74) is 7.41. The molecular formula is C16H16N2O2S. The maximum Gasteiger partial charge on any atom is 0.268 e. The van der Waals surface area contributed by atoms with E-state index in [2.05, 4.69) is 13.0 Å². The Kier molecular flexibility index (Phi) is 3.51. The van der Waals surface area contributed by atoms with Crippen molar-refractivity contribution in [1.82, 2.24) is 0 Å². The van der Waals surface area contributed by atoms with Gasteiger partial charge in [0.25, 0.3) is 11.8 Å². The van der Waals surface area contributed by atoms with Crippen molar-refractivity contribution >= 4 is 28.8 Å². The van der Waals surface area contributed by atoms with E-state index >= 15 is 0 Å². The van der Waals surface area contributed by atoms with Crippen LogP contribution < -0.4 is 10.6 Å². The van der Waals surface area contributed by atoms with Gasteiger partial charge in [-0.25, -0.2) is 0 Å². The summed E-state index contributed by atoms with van der Waals surface area (Å²) in [6, 6.07) is 11.3. The van der Waals surface area contributed by atoms with Crippen molar-refractivity contribution in [2.75, 3.05) is 11.4 Å². The number of amides is 2. The fraction of sp³-hybridized carbons (Fsp3) is 0.250. The summed E-state index contributed by atoms with van der Waals surface area (Å²) in [6.45, 7) is 2.87. The van der Waals surface area contributed by atoms with Gasteiger partial charge in [0.05, 0.1) is 9.75 Å². The minimum absolute atomic E-state index is 0.0631. The van der Waals surface area contributed by atoms with Crippen molar-refractivity contribution in [2.24, 2.45) is 5.73 Å². The molecule has 1 atom stereocenters. The van der Waals surface area contributed by atoms with Crippen LogP contribution in [0.1, 0.15) is 44.2 Å². The van der Waals surface area contributed by atoms with Gasteiger partial charge in [0, 0.05) is 12.2 Å². The first-order chi connectivity index (χ1) is 10.1. The van der Waals surface area contributed by atoms with Crippen LogP contribution in [0, 0.1) is 0 Å². The molecule has 0 aliphatic carbocycles. The SMILES string of the molecule is C[C@H]1CCN(C(=O)c2ccc(C(N)=O)s2)c2ccccc21. The number of fused-ring (bicyclic) bond motifs is 1. The zero-order chi connectivity index (χ0) is 15.0. The van der Waals surface area contributed by atoms with E-state index in [0.29, 0.717) is 22.2 Å². The molecule has 0 fully saturated rings. The summed E-state index contributed by atoms with van der Waals surface area (Å²) < 4.78 is 0. The minimum Gasteiger partial charge on any atom is -0.365 e. The third-order valence-corrected chi connectivity index (χ3v) is 4.94. The van der Waals surface area contributed by atoms with Crippen molar-refractivity contribution in [3.05, 3.63) is 51.7 Å². The van der Waals surface area contributed by atoms with Crippen molar-refractivity contribution in [3.63, 3.8) is 0 Å². The van der Waals surface area contributed by atoms with Gasteiger partial charge in [0.1, 0.15) is 0 Å². The molecule has 1 aliphatic rings. The van der Waals surface area contributed by atoms with Crippen LogP contribution in [-0.4, -0.2) is 18.4 Å². The highest BCUT2D eigenvalue weighted by atomic mass is 32.1. The van der Waals surface area contributed by atoms with Crippen LogP contribution in [0.2, 0.25) is 0 Å². The highest BCUT2D eigenvalue weighted by Crippen LogP contribution is 2.36. The second-order valence-electron chi connectivity index (χ2n) is 5.23. The molecule has 0 saturated heterocycles. The Balaban J connectivity index is 1.95. The molecule has 0 spiro atoms. The van der Waals surface area contributed by atoms with Gasteiger partial charge in [0.15, 0.2) is 0 Å². The third kappa shape index (κ3) is 2.45. The molecular weight excluding hydrogens is 284 g/mol. The average molecular weight is 300 g/mol. The lowest BCUT2D eigenvalue weighted by atomic mass is 9.91. The van der Waals surface area contributed by atoms with Crippen LogP contribution in [0.3, 0.4) is 0 Å². The molecule has 21 heavy (non-hydrogen) atoms. The molecule has 0 bridgehead atoms. The van der Waals surface area contributed by atoms with Gasteiger partial charge >= 0.3 is 0 Å². The van der Waals surface area contributed by atoms with Crippen molar-refractivity contribution in [2.45, 2.75) is 19.3 Å². The Morgan fingerprint density at radius 1 is 1.19 bits per heavy atom. The summed E-state index contributed by atoms with van der Waals surface area (Å²) >= 11 is 1.15. The monoisotopic (exact) mass is 300 g/mol. The Hall–Kier alpha value is -2.14. The number of primary amides is 1. The largest absolute Gasteiger partial charge is 0.365 e. The average Bonchev–Trinajstić information content (AvgIpc) is 2.97. The summed E-state index contributed by atoms with van der Waals surface area (Å²) in [7, 11) is 0. The summed E-state index contributed by atoms with van der Waals surface area (Å²) in [5, 5.41) is 0. The highest BCUT2D eigenvalue weighted by Gasteiger charge is 2.27. The molecule has 1 aromatic carbocycles. The van der Waals surface area contributed by atoms with Gasteiger partial charge in [-0.2, -0.15) is 0 Å². The topological polar surface area (TPSA) is 63.4 Å². The normalized spacial score (nSPS) is 17.4. The first kappa shape index (κ1) is 13.8. The van der Waals surface area contributed by atoms with E-state index < -0.39 is 5.91 Å². The number of hydrogen-bond acceptors (Lipinski definition) is 3. The third-order valence-electron chi connectivity index (χ3n) is 3.85. The summed E-state index contributed by atoms with van der Waals surface area (Å²) in [6.07, 6.45) is 0.941. The van der Waals surface area contributed by atoms with Crippen LogP contribution >= 0.6 is 11.3 Å². The molecule has 108 valence electrons. The maximum atomic E-state index is 12.7. The Morgan fingerprint density at radius 3 is 2.62 bits per heavy atom. The van der Waals surface area contributed by atoms with Crippen LogP contribution in [-0.2, 0) is 0 Å². The molecule has 1 aromatic heterocycles. The number of thiophene rings is 1. The van der Waals surface area contributed by atoms with E-state index in [1.807, 2.05) is 18.2 Å². The zero-order valence-electron chi connectivity index (χ0n) is 11.7. The zero-order valence-corrected chi connectivity index (χ0v) is 12.5.